The van der Waals surface area contributed by atoms with Crippen molar-refractivity contribution < 1.29 is 9.21 Å². The Balaban J connectivity index is 1.21. The molecule has 0 spiro atoms. The number of hydrogen-bond donors (Lipinski definition) is 1. The normalized spacial score (nSPS) is 19.9. The van der Waals surface area contributed by atoms with Crippen LogP contribution in [0.3, 0.4) is 0 Å². The van der Waals surface area contributed by atoms with Crippen LogP contribution >= 0.6 is 0 Å². The van der Waals surface area contributed by atoms with E-state index in [1.165, 1.54) is 24.8 Å². The van der Waals surface area contributed by atoms with E-state index in [1.54, 1.807) is 11.6 Å². The molecule has 2 unspecified atom stereocenters. The molecule has 5 heteroatoms. The maximum atomic E-state index is 12.8. The Kier molecular flexibility index (Phi) is 7.28. The molecule has 0 saturated heterocycles. The largest absolute Gasteiger partial charge is 0.436 e. The predicted molar refractivity (Wildman–Crippen MR) is 147 cm³/mol. The van der Waals surface area contributed by atoms with Crippen LogP contribution in [0.15, 0.2) is 64.1 Å². The van der Waals surface area contributed by atoms with Gasteiger partial charge in [0.1, 0.15) is 5.52 Å². The summed E-state index contributed by atoms with van der Waals surface area (Å²) in [6.45, 7) is 7.18. The quantitative estimate of drug-likeness (QED) is 0.382. The number of rotatable bonds is 6. The highest BCUT2D eigenvalue weighted by molar-refractivity contribution is 5.94. The fraction of sp³-hybridized carbons (Fsp3) is 0.406. The smallest absolute Gasteiger partial charge is 0.251 e. The monoisotopic (exact) mass is 493 g/mol. The van der Waals surface area contributed by atoms with Crippen molar-refractivity contribution in [2.75, 3.05) is 6.54 Å². The Morgan fingerprint density at radius 1 is 1.11 bits per heavy atom. The number of carbonyl (C=O) groups excluding carboxylic acids is 1. The molecule has 1 amide bonds. The molecule has 0 saturated carbocycles. The van der Waals surface area contributed by atoms with Gasteiger partial charge in [-0.15, -0.1) is 0 Å². The Morgan fingerprint density at radius 2 is 1.84 bits per heavy atom. The third kappa shape index (κ3) is 5.54. The maximum Gasteiger partial charge on any atom is 0.251 e. The lowest BCUT2D eigenvalue weighted by atomic mass is 9.81. The first-order chi connectivity index (χ1) is 17.9. The van der Waals surface area contributed by atoms with Gasteiger partial charge < -0.3 is 9.73 Å². The van der Waals surface area contributed by atoms with E-state index in [0.717, 1.165) is 36.3 Å². The molecule has 0 bridgehead atoms. The average molecular weight is 494 g/mol. The van der Waals surface area contributed by atoms with Crippen molar-refractivity contribution >= 4 is 17.0 Å². The minimum Gasteiger partial charge on any atom is -0.436 e. The zero-order valence-corrected chi connectivity index (χ0v) is 22.0. The molecular weight excluding hydrogens is 458 g/mol. The third-order valence-electron chi connectivity index (χ3n) is 7.82. The Labute approximate surface area is 219 Å². The molecule has 2 atom stereocenters. The third-order valence-corrected chi connectivity index (χ3v) is 7.82. The molecule has 0 fully saturated rings. The van der Waals surface area contributed by atoms with Gasteiger partial charge in [0.15, 0.2) is 5.58 Å². The standard InChI is InChI=1S/C32H35N3O2/c1-20(2)28-16-23(18-33)17-29-30(28)37-32(35-29)27-14-12-26(13-15-27)31(36)34-19-22-6-10-25(11-7-22)24-8-4-21(3)5-9-24/h8,10,12-17,20-22H,4-7,9,11,19H2,1-3H3,(H,34,36). The summed E-state index contributed by atoms with van der Waals surface area (Å²) >= 11 is 0. The van der Waals surface area contributed by atoms with Gasteiger partial charge in [0.25, 0.3) is 5.91 Å². The van der Waals surface area contributed by atoms with E-state index >= 15 is 0 Å². The summed E-state index contributed by atoms with van der Waals surface area (Å²) < 4.78 is 6.10. The maximum absolute atomic E-state index is 12.8. The van der Waals surface area contributed by atoms with Crippen LogP contribution in [0.4, 0.5) is 0 Å². The first-order valence-corrected chi connectivity index (χ1v) is 13.5. The van der Waals surface area contributed by atoms with Gasteiger partial charge in [0.05, 0.1) is 11.6 Å². The molecule has 0 aliphatic heterocycles. The highest BCUT2D eigenvalue weighted by Crippen LogP contribution is 2.34. The van der Waals surface area contributed by atoms with Crippen molar-refractivity contribution in [2.24, 2.45) is 11.8 Å². The van der Waals surface area contributed by atoms with E-state index in [4.69, 9.17) is 4.42 Å². The number of fused-ring (bicyclic) bond motifs is 1. The van der Waals surface area contributed by atoms with Crippen molar-refractivity contribution in [1.29, 1.82) is 5.26 Å². The van der Waals surface area contributed by atoms with Crippen LogP contribution in [0.2, 0.25) is 0 Å². The van der Waals surface area contributed by atoms with Crippen LogP contribution in [-0.2, 0) is 0 Å². The first kappa shape index (κ1) is 25.0. The highest BCUT2D eigenvalue weighted by atomic mass is 16.3. The van der Waals surface area contributed by atoms with E-state index in [0.29, 0.717) is 40.6 Å². The van der Waals surface area contributed by atoms with E-state index in [2.05, 4.69) is 49.3 Å². The second-order valence-corrected chi connectivity index (χ2v) is 11.0. The summed E-state index contributed by atoms with van der Waals surface area (Å²) in [6.07, 6.45) is 11.9. The molecule has 1 aromatic heterocycles. The second-order valence-electron chi connectivity index (χ2n) is 11.0. The second kappa shape index (κ2) is 10.8. The fourth-order valence-electron chi connectivity index (χ4n) is 5.40. The van der Waals surface area contributed by atoms with Gasteiger partial charge in [-0.1, -0.05) is 32.9 Å². The summed E-state index contributed by atoms with van der Waals surface area (Å²) in [6, 6.07) is 13.2. The minimum atomic E-state index is -0.0522. The van der Waals surface area contributed by atoms with Gasteiger partial charge in [-0.2, -0.15) is 5.26 Å². The number of benzene rings is 2. The molecule has 2 aliphatic carbocycles. The van der Waals surface area contributed by atoms with Gasteiger partial charge >= 0.3 is 0 Å². The summed E-state index contributed by atoms with van der Waals surface area (Å²) in [5.74, 6) is 1.95. The molecular formula is C32H35N3O2. The first-order valence-electron chi connectivity index (χ1n) is 13.5. The number of hydrogen-bond acceptors (Lipinski definition) is 4. The minimum absolute atomic E-state index is 0.0522. The lowest BCUT2D eigenvalue weighted by Gasteiger charge is -2.26. The van der Waals surface area contributed by atoms with Gasteiger partial charge in [0, 0.05) is 23.2 Å². The van der Waals surface area contributed by atoms with Gasteiger partial charge in [-0.25, -0.2) is 4.98 Å². The molecule has 1 N–H and O–H groups in total. The lowest BCUT2D eigenvalue weighted by Crippen LogP contribution is -2.30. The van der Waals surface area contributed by atoms with Crippen molar-refractivity contribution in [1.82, 2.24) is 10.3 Å². The average Bonchev–Trinajstić information content (AvgIpc) is 3.36. The van der Waals surface area contributed by atoms with Gasteiger partial charge in [-0.05, 0) is 104 Å². The van der Waals surface area contributed by atoms with Crippen molar-refractivity contribution in [3.05, 3.63) is 76.4 Å². The topological polar surface area (TPSA) is 78.9 Å². The predicted octanol–water partition coefficient (Wildman–Crippen LogP) is 7.69. The van der Waals surface area contributed by atoms with Crippen LogP contribution in [0.25, 0.3) is 22.6 Å². The number of allylic oxidation sites excluding steroid dienone is 4. The summed E-state index contributed by atoms with van der Waals surface area (Å²) in [5.41, 5.74) is 7.47. The molecule has 190 valence electrons. The van der Waals surface area contributed by atoms with Crippen molar-refractivity contribution in [3.63, 3.8) is 0 Å². The Morgan fingerprint density at radius 3 is 2.46 bits per heavy atom. The van der Waals surface area contributed by atoms with Crippen LogP contribution in [0.5, 0.6) is 0 Å². The number of nitriles is 1. The van der Waals surface area contributed by atoms with Crippen molar-refractivity contribution in [2.45, 2.75) is 65.2 Å². The summed E-state index contributed by atoms with van der Waals surface area (Å²) in [7, 11) is 0. The van der Waals surface area contributed by atoms with Gasteiger partial charge in [-0.3, -0.25) is 4.79 Å². The molecule has 3 aromatic rings. The molecule has 2 aliphatic rings. The summed E-state index contributed by atoms with van der Waals surface area (Å²) in [4.78, 5) is 17.4. The fourth-order valence-corrected chi connectivity index (χ4v) is 5.40. The molecule has 5 rings (SSSR count). The van der Waals surface area contributed by atoms with Crippen LogP contribution in [0, 0.1) is 23.2 Å². The van der Waals surface area contributed by atoms with E-state index in [-0.39, 0.29) is 11.8 Å². The molecule has 37 heavy (non-hydrogen) atoms. The zero-order chi connectivity index (χ0) is 25.9. The molecule has 1 heterocycles. The number of amides is 1. The number of nitrogens with zero attached hydrogens (tertiary/aromatic N) is 2. The molecule has 2 aromatic carbocycles. The van der Waals surface area contributed by atoms with Crippen molar-refractivity contribution in [3.8, 4) is 17.5 Å². The molecule has 0 radical (unpaired) electrons. The summed E-state index contributed by atoms with van der Waals surface area (Å²) in [5, 5.41) is 12.5. The number of carbonyl (C=O) groups is 1. The van der Waals surface area contributed by atoms with Crippen LogP contribution in [0.1, 0.15) is 86.7 Å². The highest BCUT2D eigenvalue weighted by Gasteiger charge is 2.20. The SMILES string of the molecule is CC1CC=C(C2=CCC(CNC(=O)c3ccc(-c4nc5cc(C#N)cc(C(C)C)c5o4)cc3)CC2)CC1. The van der Waals surface area contributed by atoms with Crippen LogP contribution in [-0.4, -0.2) is 17.4 Å². The van der Waals surface area contributed by atoms with E-state index < -0.39 is 0 Å². The molecule has 5 nitrogen and oxygen atoms in total. The van der Waals surface area contributed by atoms with Gasteiger partial charge in [0.2, 0.25) is 5.89 Å². The zero-order valence-electron chi connectivity index (χ0n) is 22.0. The number of nitrogens with one attached hydrogen (secondary N) is 1. The number of oxazole rings is 1. The Bertz CT molecular complexity index is 1400. The lowest BCUT2D eigenvalue weighted by molar-refractivity contribution is 0.0946. The number of aromatic nitrogens is 1. The van der Waals surface area contributed by atoms with Crippen LogP contribution < -0.4 is 5.32 Å². The Hall–Kier alpha value is -3.65. The van der Waals surface area contributed by atoms with E-state index in [1.807, 2.05) is 30.3 Å². The van der Waals surface area contributed by atoms with E-state index in [9.17, 15) is 10.1 Å².